The van der Waals surface area contributed by atoms with Crippen molar-refractivity contribution < 1.29 is 15.0 Å². The summed E-state index contributed by atoms with van der Waals surface area (Å²) < 4.78 is 0. The van der Waals surface area contributed by atoms with E-state index in [-0.39, 0.29) is 6.54 Å². The second-order valence-electron chi connectivity index (χ2n) is 7.92. The molecule has 1 fully saturated rings. The molecule has 28 heavy (non-hydrogen) atoms. The zero-order chi connectivity index (χ0) is 20.1. The number of carboxylic acids is 1. The molecule has 1 aromatic heterocycles. The predicted octanol–water partition coefficient (Wildman–Crippen LogP) is 4.22. The quantitative estimate of drug-likeness (QED) is 0.668. The van der Waals surface area contributed by atoms with E-state index in [1.807, 2.05) is 6.07 Å². The number of carbonyl (C=O) groups is 1. The molecule has 1 heterocycles. The number of aromatic nitrogens is 1. The van der Waals surface area contributed by atoms with Crippen molar-refractivity contribution >= 4 is 5.97 Å². The van der Waals surface area contributed by atoms with E-state index in [9.17, 15) is 9.90 Å². The predicted molar refractivity (Wildman–Crippen MR) is 110 cm³/mol. The summed E-state index contributed by atoms with van der Waals surface area (Å²) in [5, 5.41) is 22.0. The van der Waals surface area contributed by atoms with Crippen LogP contribution in [0.1, 0.15) is 71.7 Å². The first-order valence-corrected chi connectivity index (χ1v) is 10.1. The molecule has 0 radical (unpaired) electrons. The molecule has 1 aliphatic carbocycles. The lowest BCUT2D eigenvalue weighted by atomic mass is 9.86. The van der Waals surface area contributed by atoms with Gasteiger partial charge in [-0.05, 0) is 61.1 Å². The molecule has 0 amide bonds. The molecule has 2 aromatic rings. The molecule has 1 saturated carbocycles. The van der Waals surface area contributed by atoms with Crippen LogP contribution in [0.5, 0.6) is 5.75 Å². The number of hydrogen-bond acceptors (Lipinski definition) is 4. The minimum Gasteiger partial charge on any atom is -0.506 e. The number of aliphatic carboxylic acids is 1. The molecule has 1 aliphatic rings. The second kappa shape index (κ2) is 9.20. The maximum Gasteiger partial charge on any atom is 0.317 e. The zero-order valence-corrected chi connectivity index (χ0v) is 16.8. The van der Waals surface area contributed by atoms with Crippen molar-refractivity contribution in [1.82, 2.24) is 10.3 Å². The lowest BCUT2D eigenvalue weighted by molar-refractivity contribution is -0.135. The van der Waals surface area contributed by atoms with E-state index in [0.717, 1.165) is 36.2 Å². The van der Waals surface area contributed by atoms with Gasteiger partial charge in [0.25, 0.3) is 0 Å². The number of rotatable bonds is 7. The summed E-state index contributed by atoms with van der Waals surface area (Å²) in [5.41, 5.74) is 6.54. The van der Waals surface area contributed by atoms with Crippen LogP contribution in [0.15, 0.2) is 24.3 Å². The monoisotopic (exact) mass is 382 g/mol. The van der Waals surface area contributed by atoms with Crippen molar-refractivity contribution in [3.63, 3.8) is 0 Å². The SMILES string of the molecule is Cc1cc(CNCC(=O)O)cc(C)c1Cc1ccc(O)c(C2CCCCC2)n1. The Kier molecular flexibility index (Phi) is 6.68. The second-order valence-corrected chi connectivity index (χ2v) is 7.92. The highest BCUT2D eigenvalue weighted by molar-refractivity contribution is 5.69. The Hall–Kier alpha value is -2.40. The number of pyridine rings is 1. The van der Waals surface area contributed by atoms with Gasteiger partial charge in [-0.15, -0.1) is 0 Å². The molecule has 0 atom stereocenters. The maximum atomic E-state index is 10.7. The summed E-state index contributed by atoms with van der Waals surface area (Å²) in [6.07, 6.45) is 6.67. The Morgan fingerprint density at radius 3 is 2.46 bits per heavy atom. The van der Waals surface area contributed by atoms with E-state index >= 15 is 0 Å². The summed E-state index contributed by atoms with van der Waals surface area (Å²) in [6.45, 7) is 4.68. The summed E-state index contributed by atoms with van der Waals surface area (Å²) in [4.78, 5) is 15.5. The highest BCUT2D eigenvalue weighted by Crippen LogP contribution is 2.36. The van der Waals surface area contributed by atoms with Gasteiger partial charge in [0.05, 0.1) is 12.2 Å². The van der Waals surface area contributed by atoms with Gasteiger partial charge < -0.3 is 15.5 Å². The molecular weight excluding hydrogens is 352 g/mol. The number of nitrogens with one attached hydrogen (secondary N) is 1. The Morgan fingerprint density at radius 1 is 1.14 bits per heavy atom. The molecule has 0 spiro atoms. The molecule has 5 heteroatoms. The van der Waals surface area contributed by atoms with Crippen molar-refractivity contribution in [2.75, 3.05) is 6.54 Å². The maximum absolute atomic E-state index is 10.7. The lowest BCUT2D eigenvalue weighted by Gasteiger charge is -2.22. The van der Waals surface area contributed by atoms with Gasteiger partial charge in [-0.2, -0.15) is 0 Å². The van der Waals surface area contributed by atoms with E-state index in [4.69, 9.17) is 10.1 Å². The van der Waals surface area contributed by atoms with Gasteiger partial charge >= 0.3 is 5.97 Å². The average Bonchev–Trinajstić information content (AvgIpc) is 2.66. The fourth-order valence-corrected chi connectivity index (χ4v) is 4.24. The summed E-state index contributed by atoms with van der Waals surface area (Å²) in [5.74, 6) is -0.153. The Morgan fingerprint density at radius 2 is 1.82 bits per heavy atom. The van der Waals surface area contributed by atoms with Crippen LogP contribution < -0.4 is 5.32 Å². The zero-order valence-electron chi connectivity index (χ0n) is 16.8. The van der Waals surface area contributed by atoms with Crippen molar-refractivity contribution in [3.05, 3.63) is 57.9 Å². The Bertz CT molecular complexity index is 819. The van der Waals surface area contributed by atoms with Crippen molar-refractivity contribution in [2.24, 2.45) is 0 Å². The van der Waals surface area contributed by atoms with E-state index < -0.39 is 5.97 Å². The average molecular weight is 383 g/mol. The first kappa shape index (κ1) is 20.3. The highest BCUT2D eigenvalue weighted by atomic mass is 16.4. The molecule has 0 unspecified atom stereocenters. The first-order valence-electron chi connectivity index (χ1n) is 10.1. The lowest BCUT2D eigenvalue weighted by Crippen LogP contribution is -2.22. The van der Waals surface area contributed by atoms with E-state index in [0.29, 0.717) is 18.2 Å². The fourth-order valence-electron chi connectivity index (χ4n) is 4.24. The highest BCUT2D eigenvalue weighted by Gasteiger charge is 2.20. The number of nitrogens with zero attached hydrogens (tertiary/aromatic N) is 1. The van der Waals surface area contributed by atoms with Crippen LogP contribution in [-0.2, 0) is 17.8 Å². The van der Waals surface area contributed by atoms with E-state index in [2.05, 4.69) is 31.3 Å². The van der Waals surface area contributed by atoms with Crippen LogP contribution in [0.2, 0.25) is 0 Å². The number of carboxylic acid groups (broad SMARTS) is 1. The largest absolute Gasteiger partial charge is 0.506 e. The van der Waals surface area contributed by atoms with Crippen LogP contribution in [0.3, 0.4) is 0 Å². The smallest absolute Gasteiger partial charge is 0.317 e. The van der Waals surface area contributed by atoms with Crippen molar-refractivity contribution in [3.8, 4) is 5.75 Å². The molecule has 0 saturated heterocycles. The molecular formula is C23H30N2O3. The minimum atomic E-state index is -0.850. The number of benzene rings is 1. The fraction of sp³-hybridized carbons (Fsp3) is 0.478. The van der Waals surface area contributed by atoms with E-state index in [1.54, 1.807) is 6.07 Å². The molecule has 0 bridgehead atoms. The molecule has 150 valence electrons. The van der Waals surface area contributed by atoms with Gasteiger partial charge in [0.2, 0.25) is 0 Å². The van der Waals surface area contributed by atoms with Crippen molar-refractivity contribution in [2.45, 2.75) is 64.8 Å². The van der Waals surface area contributed by atoms with Gasteiger partial charge in [0.15, 0.2) is 0 Å². The molecule has 3 rings (SSSR count). The third-order valence-corrected chi connectivity index (χ3v) is 5.67. The Labute approximate surface area is 166 Å². The molecule has 3 N–H and O–H groups in total. The molecule has 1 aromatic carbocycles. The van der Waals surface area contributed by atoms with Crippen LogP contribution in [-0.4, -0.2) is 27.7 Å². The minimum absolute atomic E-state index is 0.0405. The Balaban J connectivity index is 1.76. The standard InChI is InChI=1S/C23H30N2O3/c1-15-10-17(13-24-14-22(27)28)11-16(2)20(15)12-19-8-9-21(26)23(25-19)18-6-4-3-5-7-18/h8-11,18,24,26H,3-7,12-14H2,1-2H3,(H,27,28). The van der Waals surface area contributed by atoms with Gasteiger partial charge in [-0.1, -0.05) is 31.4 Å². The third-order valence-electron chi connectivity index (χ3n) is 5.67. The van der Waals surface area contributed by atoms with Crippen LogP contribution in [0, 0.1) is 13.8 Å². The van der Waals surface area contributed by atoms with Crippen LogP contribution in [0.25, 0.3) is 0 Å². The normalized spacial score (nSPS) is 14.9. The number of aromatic hydroxyl groups is 1. The summed E-state index contributed by atoms with van der Waals surface area (Å²) in [6, 6.07) is 7.93. The van der Waals surface area contributed by atoms with Gasteiger partial charge in [0, 0.05) is 24.6 Å². The third kappa shape index (κ3) is 5.10. The summed E-state index contributed by atoms with van der Waals surface area (Å²) >= 11 is 0. The number of aryl methyl sites for hydroxylation is 2. The van der Waals surface area contributed by atoms with Crippen LogP contribution in [0.4, 0.5) is 0 Å². The van der Waals surface area contributed by atoms with Gasteiger partial charge in [-0.3, -0.25) is 9.78 Å². The summed E-state index contributed by atoms with van der Waals surface area (Å²) in [7, 11) is 0. The van der Waals surface area contributed by atoms with Crippen molar-refractivity contribution in [1.29, 1.82) is 0 Å². The molecule has 5 nitrogen and oxygen atoms in total. The van der Waals surface area contributed by atoms with Crippen LogP contribution >= 0.6 is 0 Å². The van der Waals surface area contributed by atoms with Gasteiger partial charge in [0.1, 0.15) is 5.75 Å². The number of hydrogen-bond donors (Lipinski definition) is 3. The van der Waals surface area contributed by atoms with E-state index in [1.165, 1.54) is 36.0 Å². The molecule has 0 aliphatic heterocycles. The topological polar surface area (TPSA) is 82.5 Å². The first-order chi connectivity index (χ1) is 13.4. The van der Waals surface area contributed by atoms with Gasteiger partial charge in [-0.25, -0.2) is 0 Å².